The lowest BCUT2D eigenvalue weighted by atomic mass is 9.98. The van der Waals surface area contributed by atoms with E-state index in [0.717, 1.165) is 0 Å². The fourth-order valence-electron chi connectivity index (χ4n) is 1.21. The van der Waals surface area contributed by atoms with Crippen LogP contribution in [0, 0.1) is 10.1 Å². The van der Waals surface area contributed by atoms with Gasteiger partial charge in [0.2, 0.25) is 0 Å². The Balaban J connectivity index is 3.28. The standard InChI is InChI=1S/C10H13NO4/c1-10(2,12)7-4-5-9(15-3)8(6-7)11(13)14/h4-6,12H,1-3H3. The summed E-state index contributed by atoms with van der Waals surface area (Å²) in [6.07, 6.45) is 0. The highest BCUT2D eigenvalue weighted by atomic mass is 16.6. The quantitative estimate of drug-likeness (QED) is 0.611. The molecule has 1 rings (SSSR count). The number of nitro groups is 1. The van der Waals surface area contributed by atoms with Crippen LogP contribution < -0.4 is 4.74 Å². The van der Waals surface area contributed by atoms with E-state index in [9.17, 15) is 15.2 Å². The predicted octanol–water partition coefficient (Wildman–Crippen LogP) is 1.83. The van der Waals surface area contributed by atoms with E-state index in [1.807, 2.05) is 0 Å². The Hall–Kier alpha value is -1.62. The Morgan fingerprint density at radius 1 is 1.47 bits per heavy atom. The van der Waals surface area contributed by atoms with Crippen LogP contribution in [0.15, 0.2) is 18.2 Å². The van der Waals surface area contributed by atoms with Gasteiger partial charge in [0.15, 0.2) is 5.75 Å². The first kappa shape index (κ1) is 11.5. The highest BCUT2D eigenvalue weighted by Crippen LogP contribution is 2.31. The molecule has 0 saturated heterocycles. The third-order valence-electron chi connectivity index (χ3n) is 2.08. The van der Waals surface area contributed by atoms with E-state index in [4.69, 9.17) is 4.74 Å². The lowest BCUT2D eigenvalue weighted by molar-refractivity contribution is -0.385. The van der Waals surface area contributed by atoms with Crippen molar-refractivity contribution in [2.24, 2.45) is 0 Å². The largest absolute Gasteiger partial charge is 0.490 e. The third kappa shape index (κ3) is 2.44. The van der Waals surface area contributed by atoms with E-state index in [0.29, 0.717) is 5.56 Å². The number of benzene rings is 1. The average Bonchev–Trinajstić information content (AvgIpc) is 2.15. The molecule has 5 heteroatoms. The molecule has 1 N–H and O–H groups in total. The minimum atomic E-state index is -1.10. The first-order chi connectivity index (χ1) is 6.86. The van der Waals surface area contributed by atoms with Gasteiger partial charge in [0.1, 0.15) is 0 Å². The summed E-state index contributed by atoms with van der Waals surface area (Å²) in [5.41, 5.74) is -0.760. The van der Waals surface area contributed by atoms with Crippen LogP contribution in [0.25, 0.3) is 0 Å². The molecule has 0 heterocycles. The van der Waals surface area contributed by atoms with E-state index in [1.54, 1.807) is 19.9 Å². The number of rotatable bonds is 3. The smallest absolute Gasteiger partial charge is 0.311 e. The van der Waals surface area contributed by atoms with Crippen molar-refractivity contribution in [1.29, 1.82) is 0 Å². The van der Waals surface area contributed by atoms with Crippen LogP contribution in [-0.4, -0.2) is 17.1 Å². The fourth-order valence-corrected chi connectivity index (χ4v) is 1.21. The molecule has 15 heavy (non-hydrogen) atoms. The zero-order valence-corrected chi connectivity index (χ0v) is 8.85. The van der Waals surface area contributed by atoms with Crippen molar-refractivity contribution in [3.8, 4) is 5.75 Å². The molecule has 1 aromatic carbocycles. The topological polar surface area (TPSA) is 72.6 Å². The van der Waals surface area contributed by atoms with Crippen molar-refractivity contribution < 1.29 is 14.8 Å². The van der Waals surface area contributed by atoms with E-state index < -0.39 is 10.5 Å². The maximum absolute atomic E-state index is 10.7. The second-order valence-corrected chi connectivity index (χ2v) is 3.70. The zero-order valence-electron chi connectivity index (χ0n) is 8.85. The maximum atomic E-state index is 10.7. The lowest BCUT2D eigenvalue weighted by Crippen LogP contribution is -2.15. The number of ether oxygens (including phenoxy) is 1. The highest BCUT2D eigenvalue weighted by Gasteiger charge is 2.22. The van der Waals surface area contributed by atoms with Gasteiger partial charge in [0.25, 0.3) is 0 Å². The van der Waals surface area contributed by atoms with Crippen LogP contribution in [-0.2, 0) is 5.60 Å². The Morgan fingerprint density at radius 3 is 2.47 bits per heavy atom. The summed E-state index contributed by atoms with van der Waals surface area (Å²) >= 11 is 0. The summed E-state index contributed by atoms with van der Waals surface area (Å²) in [5.74, 6) is 0.188. The first-order valence-electron chi connectivity index (χ1n) is 4.41. The number of nitrogens with zero attached hydrogens (tertiary/aromatic N) is 1. The Labute approximate surface area is 87.5 Å². The minimum absolute atomic E-state index is 0.142. The van der Waals surface area contributed by atoms with Crippen LogP contribution in [0.1, 0.15) is 19.4 Å². The number of methoxy groups -OCH3 is 1. The van der Waals surface area contributed by atoms with Crippen molar-refractivity contribution in [2.45, 2.75) is 19.4 Å². The molecule has 0 aromatic heterocycles. The first-order valence-corrected chi connectivity index (χ1v) is 4.41. The van der Waals surface area contributed by atoms with Gasteiger partial charge in [0, 0.05) is 6.07 Å². The maximum Gasteiger partial charge on any atom is 0.311 e. The average molecular weight is 211 g/mol. The Morgan fingerprint density at radius 2 is 2.07 bits per heavy atom. The summed E-state index contributed by atoms with van der Waals surface area (Å²) in [7, 11) is 1.37. The molecule has 0 saturated carbocycles. The van der Waals surface area contributed by atoms with Crippen molar-refractivity contribution in [2.75, 3.05) is 7.11 Å². The number of aliphatic hydroxyl groups is 1. The van der Waals surface area contributed by atoms with Crippen LogP contribution in [0.2, 0.25) is 0 Å². The number of hydrogen-bond acceptors (Lipinski definition) is 4. The molecular formula is C10H13NO4. The van der Waals surface area contributed by atoms with Crippen molar-refractivity contribution >= 4 is 5.69 Å². The summed E-state index contributed by atoms with van der Waals surface area (Å²) < 4.78 is 4.85. The minimum Gasteiger partial charge on any atom is -0.490 e. The normalized spacial score (nSPS) is 11.2. The van der Waals surface area contributed by atoms with Crippen LogP contribution >= 0.6 is 0 Å². The molecule has 5 nitrogen and oxygen atoms in total. The van der Waals surface area contributed by atoms with Crippen LogP contribution in [0.5, 0.6) is 5.75 Å². The highest BCUT2D eigenvalue weighted by molar-refractivity contribution is 5.49. The molecule has 0 aliphatic heterocycles. The Kier molecular flexibility index (Phi) is 2.95. The van der Waals surface area contributed by atoms with Gasteiger partial charge < -0.3 is 9.84 Å². The molecule has 0 amide bonds. The predicted molar refractivity (Wildman–Crippen MR) is 54.9 cm³/mol. The van der Waals surface area contributed by atoms with Gasteiger partial charge in [-0.15, -0.1) is 0 Å². The van der Waals surface area contributed by atoms with Gasteiger partial charge >= 0.3 is 5.69 Å². The molecule has 0 fully saturated rings. The molecule has 0 unspecified atom stereocenters. The zero-order chi connectivity index (χ0) is 11.6. The molecule has 0 atom stereocenters. The van der Waals surface area contributed by atoms with Crippen molar-refractivity contribution in [1.82, 2.24) is 0 Å². The van der Waals surface area contributed by atoms with Crippen LogP contribution in [0.4, 0.5) is 5.69 Å². The monoisotopic (exact) mass is 211 g/mol. The molecule has 0 bridgehead atoms. The van der Waals surface area contributed by atoms with Gasteiger partial charge in [-0.25, -0.2) is 0 Å². The van der Waals surface area contributed by atoms with Gasteiger partial charge in [-0.3, -0.25) is 10.1 Å². The van der Waals surface area contributed by atoms with E-state index in [-0.39, 0.29) is 11.4 Å². The molecule has 0 radical (unpaired) electrons. The second-order valence-electron chi connectivity index (χ2n) is 3.70. The Bertz CT molecular complexity index is 381. The lowest BCUT2D eigenvalue weighted by Gasteiger charge is -2.17. The van der Waals surface area contributed by atoms with E-state index >= 15 is 0 Å². The van der Waals surface area contributed by atoms with Gasteiger partial charge in [-0.05, 0) is 25.5 Å². The summed E-state index contributed by atoms with van der Waals surface area (Å²) in [6.45, 7) is 3.14. The fraction of sp³-hybridized carbons (Fsp3) is 0.400. The van der Waals surface area contributed by atoms with Gasteiger partial charge in [-0.1, -0.05) is 6.07 Å². The van der Waals surface area contributed by atoms with Crippen LogP contribution in [0.3, 0.4) is 0 Å². The number of hydrogen-bond donors (Lipinski definition) is 1. The van der Waals surface area contributed by atoms with Gasteiger partial charge in [-0.2, -0.15) is 0 Å². The van der Waals surface area contributed by atoms with E-state index in [1.165, 1.54) is 19.2 Å². The molecule has 0 aliphatic rings. The molecular weight excluding hydrogens is 198 g/mol. The summed E-state index contributed by atoms with van der Waals surface area (Å²) in [5, 5.41) is 20.4. The SMILES string of the molecule is COc1ccc(C(C)(C)O)cc1[N+](=O)[O-]. The molecule has 1 aromatic rings. The summed E-state index contributed by atoms with van der Waals surface area (Å²) in [6, 6.07) is 4.40. The summed E-state index contributed by atoms with van der Waals surface area (Å²) in [4.78, 5) is 10.2. The molecule has 0 spiro atoms. The van der Waals surface area contributed by atoms with Crippen molar-refractivity contribution in [3.63, 3.8) is 0 Å². The molecule has 0 aliphatic carbocycles. The molecule has 82 valence electrons. The second kappa shape index (κ2) is 3.86. The van der Waals surface area contributed by atoms with Crippen molar-refractivity contribution in [3.05, 3.63) is 33.9 Å². The number of nitro benzene ring substituents is 1. The third-order valence-corrected chi connectivity index (χ3v) is 2.08. The van der Waals surface area contributed by atoms with Gasteiger partial charge in [0.05, 0.1) is 17.6 Å². The van der Waals surface area contributed by atoms with E-state index in [2.05, 4.69) is 0 Å².